The van der Waals surface area contributed by atoms with E-state index in [2.05, 4.69) is 0 Å². The maximum Gasteiger partial charge on any atom is 0.354 e. The molecule has 0 fully saturated rings. The molecule has 1 amide bonds. The number of methoxy groups -OCH3 is 1. The first kappa shape index (κ1) is 22.9. The van der Waals surface area contributed by atoms with Crippen LogP contribution in [0.25, 0.3) is 0 Å². The van der Waals surface area contributed by atoms with Crippen LogP contribution in [0.3, 0.4) is 0 Å². The Balaban J connectivity index is 3.17. The first-order valence-electron chi connectivity index (χ1n) is 9.38. The number of ketones is 1. The molecular formula is C20H32N2O5. The van der Waals surface area contributed by atoms with Crippen molar-refractivity contribution >= 4 is 17.7 Å². The van der Waals surface area contributed by atoms with E-state index in [4.69, 9.17) is 9.47 Å². The summed E-state index contributed by atoms with van der Waals surface area (Å²) in [5.74, 6) is -0.733. The Morgan fingerprint density at radius 1 is 1.19 bits per heavy atom. The summed E-state index contributed by atoms with van der Waals surface area (Å²) in [4.78, 5) is 39.3. The van der Waals surface area contributed by atoms with E-state index in [1.54, 1.807) is 44.2 Å². The zero-order valence-electron chi connectivity index (χ0n) is 17.5. The molecule has 0 bridgehead atoms. The predicted octanol–water partition coefficient (Wildman–Crippen LogP) is 2.66. The van der Waals surface area contributed by atoms with Gasteiger partial charge in [-0.3, -0.25) is 9.59 Å². The molecule has 0 saturated carbocycles. The van der Waals surface area contributed by atoms with Crippen LogP contribution in [-0.4, -0.2) is 60.0 Å². The zero-order chi connectivity index (χ0) is 20.7. The molecule has 7 heteroatoms. The van der Waals surface area contributed by atoms with Gasteiger partial charge in [-0.05, 0) is 39.7 Å². The number of carbonyl (C=O) groups excluding carboxylic acids is 3. The van der Waals surface area contributed by atoms with Gasteiger partial charge in [-0.2, -0.15) is 0 Å². The summed E-state index contributed by atoms with van der Waals surface area (Å²) < 4.78 is 11.8. The van der Waals surface area contributed by atoms with Crippen molar-refractivity contribution < 1.29 is 23.9 Å². The second-order valence-corrected chi connectivity index (χ2v) is 6.52. The van der Waals surface area contributed by atoms with E-state index in [1.807, 2.05) is 6.92 Å². The SMILES string of the molecule is CCOCCCN(C(=O)CC)C(C)C(=O)c1c(C)c(C(=O)OC)n(C)c1C. The van der Waals surface area contributed by atoms with Gasteiger partial charge in [-0.1, -0.05) is 6.92 Å². The van der Waals surface area contributed by atoms with E-state index in [-0.39, 0.29) is 11.7 Å². The summed E-state index contributed by atoms with van der Waals surface area (Å²) >= 11 is 0. The summed E-state index contributed by atoms with van der Waals surface area (Å²) in [6.07, 6.45) is 0.990. The van der Waals surface area contributed by atoms with Gasteiger partial charge in [0.15, 0.2) is 5.78 Å². The molecule has 1 unspecified atom stereocenters. The van der Waals surface area contributed by atoms with Crippen LogP contribution in [-0.2, 0) is 21.3 Å². The Labute approximate surface area is 161 Å². The minimum absolute atomic E-state index is 0.0771. The molecule has 1 aromatic heterocycles. The van der Waals surface area contributed by atoms with E-state index in [0.29, 0.717) is 55.1 Å². The number of rotatable bonds is 10. The molecule has 0 spiro atoms. The lowest BCUT2D eigenvalue weighted by molar-refractivity contribution is -0.132. The highest BCUT2D eigenvalue weighted by Gasteiger charge is 2.31. The molecule has 152 valence electrons. The lowest BCUT2D eigenvalue weighted by atomic mass is 9.99. The second kappa shape index (κ2) is 10.3. The van der Waals surface area contributed by atoms with Gasteiger partial charge in [-0.15, -0.1) is 0 Å². The van der Waals surface area contributed by atoms with Crippen molar-refractivity contribution in [3.8, 4) is 0 Å². The number of nitrogens with zero attached hydrogens (tertiary/aromatic N) is 2. The standard InChI is InChI=1S/C20H32N2O5/c1-8-16(23)22(11-10-12-27-9-2)15(5)19(24)17-13(3)18(20(25)26-7)21(6)14(17)4/h15H,8-12H2,1-7H3. The van der Waals surface area contributed by atoms with Crippen molar-refractivity contribution in [1.82, 2.24) is 9.47 Å². The summed E-state index contributed by atoms with van der Waals surface area (Å²) in [6, 6.07) is -0.621. The first-order chi connectivity index (χ1) is 12.7. The lowest BCUT2D eigenvalue weighted by Crippen LogP contribution is -2.44. The van der Waals surface area contributed by atoms with Gasteiger partial charge in [0, 0.05) is 44.5 Å². The van der Waals surface area contributed by atoms with Crippen LogP contribution >= 0.6 is 0 Å². The van der Waals surface area contributed by atoms with Gasteiger partial charge in [0.1, 0.15) is 5.69 Å². The normalized spacial score (nSPS) is 12.0. The van der Waals surface area contributed by atoms with Crippen LogP contribution in [0.1, 0.15) is 65.7 Å². The molecule has 0 radical (unpaired) electrons. The van der Waals surface area contributed by atoms with Gasteiger partial charge in [-0.25, -0.2) is 4.79 Å². The molecule has 1 rings (SSSR count). The Hall–Kier alpha value is -2.15. The minimum Gasteiger partial charge on any atom is -0.464 e. The first-order valence-corrected chi connectivity index (χ1v) is 9.38. The monoisotopic (exact) mass is 380 g/mol. The Morgan fingerprint density at radius 3 is 2.33 bits per heavy atom. The van der Waals surface area contributed by atoms with Crippen LogP contribution in [0, 0.1) is 13.8 Å². The Morgan fingerprint density at radius 2 is 1.81 bits per heavy atom. The summed E-state index contributed by atoms with van der Waals surface area (Å²) in [7, 11) is 3.04. The van der Waals surface area contributed by atoms with Crippen LogP contribution < -0.4 is 0 Å². The van der Waals surface area contributed by atoms with Gasteiger partial charge in [0.2, 0.25) is 5.91 Å². The maximum absolute atomic E-state index is 13.2. The van der Waals surface area contributed by atoms with Gasteiger partial charge < -0.3 is 18.9 Å². The number of esters is 1. The van der Waals surface area contributed by atoms with Crippen molar-refractivity contribution in [3.05, 3.63) is 22.5 Å². The van der Waals surface area contributed by atoms with E-state index in [1.165, 1.54) is 7.11 Å². The number of aromatic nitrogens is 1. The highest BCUT2D eigenvalue weighted by Crippen LogP contribution is 2.24. The van der Waals surface area contributed by atoms with Crippen molar-refractivity contribution in [2.45, 2.75) is 53.5 Å². The van der Waals surface area contributed by atoms with Gasteiger partial charge in [0.05, 0.1) is 13.2 Å². The fourth-order valence-electron chi connectivity index (χ4n) is 3.30. The highest BCUT2D eigenvalue weighted by molar-refractivity contribution is 6.06. The van der Waals surface area contributed by atoms with Crippen LogP contribution in [0.2, 0.25) is 0 Å². The molecule has 7 nitrogen and oxygen atoms in total. The fraction of sp³-hybridized carbons (Fsp3) is 0.650. The summed E-state index contributed by atoms with van der Waals surface area (Å²) in [5, 5.41) is 0. The number of hydrogen-bond acceptors (Lipinski definition) is 5. The molecule has 27 heavy (non-hydrogen) atoms. The molecule has 0 aliphatic carbocycles. The number of Topliss-reactive ketones (excluding diaryl/α,β-unsaturated/α-hetero) is 1. The van der Waals surface area contributed by atoms with E-state index >= 15 is 0 Å². The molecule has 1 aromatic rings. The van der Waals surface area contributed by atoms with Gasteiger partial charge >= 0.3 is 5.97 Å². The third kappa shape index (κ3) is 4.97. The van der Waals surface area contributed by atoms with E-state index in [9.17, 15) is 14.4 Å². The summed E-state index contributed by atoms with van der Waals surface area (Å²) in [5.41, 5.74) is 2.10. The summed E-state index contributed by atoms with van der Waals surface area (Å²) in [6.45, 7) is 10.6. The molecule has 0 saturated heterocycles. The van der Waals surface area contributed by atoms with Crippen LogP contribution in [0.4, 0.5) is 0 Å². The fourth-order valence-corrected chi connectivity index (χ4v) is 3.30. The molecular weight excluding hydrogens is 348 g/mol. The van der Waals surface area contributed by atoms with Crippen molar-refractivity contribution in [2.24, 2.45) is 7.05 Å². The number of carbonyl (C=O) groups is 3. The predicted molar refractivity (Wildman–Crippen MR) is 103 cm³/mol. The van der Waals surface area contributed by atoms with Crippen molar-refractivity contribution in [2.75, 3.05) is 26.9 Å². The minimum atomic E-state index is -0.621. The molecule has 1 heterocycles. The molecule has 0 aromatic carbocycles. The Kier molecular flexibility index (Phi) is 8.69. The smallest absolute Gasteiger partial charge is 0.354 e. The quantitative estimate of drug-likeness (QED) is 0.354. The van der Waals surface area contributed by atoms with E-state index in [0.717, 1.165) is 0 Å². The Bertz CT molecular complexity index is 693. The highest BCUT2D eigenvalue weighted by atomic mass is 16.5. The maximum atomic E-state index is 13.2. The molecule has 0 N–H and O–H groups in total. The molecule has 1 atom stereocenters. The lowest BCUT2D eigenvalue weighted by Gasteiger charge is -2.28. The van der Waals surface area contributed by atoms with E-state index < -0.39 is 12.0 Å². The topological polar surface area (TPSA) is 77.8 Å². The third-order valence-electron chi connectivity index (χ3n) is 4.92. The average Bonchev–Trinajstić information content (AvgIpc) is 2.88. The van der Waals surface area contributed by atoms with Crippen molar-refractivity contribution in [3.63, 3.8) is 0 Å². The number of hydrogen-bond donors (Lipinski definition) is 0. The zero-order valence-corrected chi connectivity index (χ0v) is 17.5. The average molecular weight is 380 g/mol. The number of ether oxygens (including phenoxy) is 2. The largest absolute Gasteiger partial charge is 0.464 e. The number of amides is 1. The third-order valence-corrected chi connectivity index (χ3v) is 4.92. The van der Waals surface area contributed by atoms with Crippen molar-refractivity contribution in [1.29, 1.82) is 0 Å². The second-order valence-electron chi connectivity index (χ2n) is 6.52. The van der Waals surface area contributed by atoms with Crippen LogP contribution in [0.15, 0.2) is 0 Å². The molecule has 0 aliphatic rings. The molecule has 0 aliphatic heterocycles. The van der Waals surface area contributed by atoms with Crippen LogP contribution in [0.5, 0.6) is 0 Å². The van der Waals surface area contributed by atoms with Gasteiger partial charge in [0.25, 0.3) is 0 Å².